The SMILES string of the molecule is COc1ccc(O[C@H]2O[C@H](COC(C)=O)[C@@H](OC(C)=O)[C@H](OC(C)=O)[C@H]2OC(C)=O)cc1. The maximum absolute atomic E-state index is 11.8. The van der Waals surface area contributed by atoms with Crippen molar-refractivity contribution in [1.82, 2.24) is 0 Å². The maximum atomic E-state index is 11.8. The van der Waals surface area contributed by atoms with Crippen molar-refractivity contribution in [2.24, 2.45) is 0 Å². The number of hydrogen-bond acceptors (Lipinski definition) is 11. The van der Waals surface area contributed by atoms with Crippen molar-refractivity contribution in [3.05, 3.63) is 24.3 Å². The molecule has 5 atom stereocenters. The van der Waals surface area contributed by atoms with E-state index in [9.17, 15) is 19.2 Å². The molecule has 0 amide bonds. The first-order valence-corrected chi connectivity index (χ1v) is 9.72. The van der Waals surface area contributed by atoms with Crippen LogP contribution in [-0.2, 0) is 42.9 Å². The molecule has 176 valence electrons. The minimum Gasteiger partial charge on any atom is -0.497 e. The van der Waals surface area contributed by atoms with Gasteiger partial charge in [-0.3, -0.25) is 19.2 Å². The molecule has 0 unspecified atom stereocenters. The van der Waals surface area contributed by atoms with E-state index in [2.05, 4.69) is 0 Å². The molecule has 32 heavy (non-hydrogen) atoms. The van der Waals surface area contributed by atoms with E-state index in [0.717, 1.165) is 20.8 Å². The van der Waals surface area contributed by atoms with Gasteiger partial charge in [0, 0.05) is 27.7 Å². The third-order valence-electron chi connectivity index (χ3n) is 4.26. The topological polar surface area (TPSA) is 133 Å². The summed E-state index contributed by atoms with van der Waals surface area (Å²) in [7, 11) is 1.51. The molecule has 0 N–H and O–H groups in total. The fourth-order valence-corrected chi connectivity index (χ4v) is 3.07. The van der Waals surface area contributed by atoms with Gasteiger partial charge in [-0.2, -0.15) is 0 Å². The lowest BCUT2D eigenvalue weighted by atomic mass is 9.98. The van der Waals surface area contributed by atoms with Crippen LogP contribution in [0.3, 0.4) is 0 Å². The fourth-order valence-electron chi connectivity index (χ4n) is 3.07. The highest BCUT2D eigenvalue weighted by Crippen LogP contribution is 2.31. The van der Waals surface area contributed by atoms with Crippen molar-refractivity contribution in [3.63, 3.8) is 0 Å². The van der Waals surface area contributed by atoms with Gasteiger partial charge in [0.05, 0.1) is 7.11 Å². The number of rotatable bonds is 8. The number of benzene rings is 1. The van der Waals surface area contributed by atoms with E-state index in [4.69, 9.17) is 33.2 Å². The number of esters is 4. The summed E-state index contributed by atoms with van der Waals surface area (Å²) in [4.78, 5) is 46.6. The molecule has 0 radical (unpaired) electrons. The van der Waals surface area contributed by atoms with Crippen LogP contribution in [0.15, 0.2) is 24.3 Å². The Morgan fingerprint density at radius 2 is 1.25 bits per heavy atom. The Hall–Kier alpha value is -3.34. The van der Waals surface area contributed by atoms with Crippen LogP contribution in [-0.4, -0.2) is 68.3 Å². The molecule has 0 aliphatic carbocycles. The highest BCUT2D eigenvalue weighted by atomic mass is 16.7. The number of carbonyl (C=O) groups is 4. The van der Waals surface area contributed by atoms with Crippen LogP contribution >= 0.6 is 0 Å². The number of carbonyl (C=O) groups excluding carboxylic acids is 4. The normalized spacial score (nSPS) is 24.6. The summed E-state index contributed by atoms with van der Waals surface area (Å²) < 4.78 is 37.8. The second-order valence-corrected chi connectivity index (χ2v) is 6.86. The molecule has 0 bridgehead atoms. The summed E-state index contributed by atoms with van der Waals surface area (Å²) in [5, 5.41) is 0. The van der Waals surface area contributed by atoms with Gasteiger partial charge in [-0.15, -0.1) is 0 Å². The number of hydrogen-bond donors (Lipinski definition) is 0. The second-order valence-electron chi connectivity index (χ2n) is 6.86. The van der Waals surface area contributed by atoms with Crippen LogP contribution in [0, 0.1) is 0 Å². The van der Waals surface area contributed by atoms with Gasteiger partial charge in [0.1, 0.15) is 24.2 Å². The van der Waals surface area contributed by atoms with E-state index in [1.54, 1.807) is 24.3 Å². The molecule has 0 spiro atoms. The average Bonchev–Trinajstić information content (AvgIpc) is 2.70. The Morgan fingerprint density at radius 1 is 0.750 bits per heavy atom. The lowest BCUT2D eigenvalue weighted by molar-refractivity contribution is -0.288. The Kier molecular flexibility index (Phi) is 8.82. The highest BCUT2D eigenvalue weighted by molar-refractivity contribution is 5.68. The standard InChI is InChI=1S/C21H26O11/c1-11(22)27-10-17-18(28-12(2)23)19(29-13(3)24)20(30-14(4)25)21(32-17)31-16-8-6-15(26-5)7-9-16/h6-9,17-21H,10H2,1-5H3/t17-,18-,19+,20-,21+/m1/s1. The molecule has 1 heterocycles. The molecule has 1 aromatic rings. The van der Waals surface area contributed by atoms with Crippen molar-refractivity contribution in [2.45, 2.75) is 58.4 Å². The smallest absolute Gasteiger partial charge is 0.303 e. The minimum atomic E-state index is -1.29. The van der Waals surface area contributed by atoms with Gasteiger partial charge in [0.2, 0.25) is 12.4 Å². The first-order chi connectivity index (χ1) is 15.1. The summed E-state index contributed by atoms with van der Waals surface area (Å²) in [5.74, 6) is -1.83. The third-order valence-corrected chi connectivity index (χ3v) is 4.26. The molecule has 1 aliphatic heterocycles. The molecule has 1 aromatic carbocycles. The molecule has 2 rings (SSSR count). The first kappa shape index (κ1) is 24.9. The van der Waals surface area contributed by atoms with Crippen molar-refractivity contribution < 1.29 is 52.3 Å². The van der Waals surface area contributed by atoms with Crippen molar-refractivity contribution in [1.29, 1.82) is 0 Å². The maximum Gasteiger partial charge on any atom is 0.303 e. The van der Waals surface area contributed by atoms with Crippen molar-refractivity contribution in [2.75, 3.05) is 13.7 Å². The van der Waals surface area contributed by atoms with E-state index in [0.29, 0.717) is 11.5 Å². The van der Waals surface area contributed by atoms with E-state index in [-0.39, 0.29) is 6.61 Å². The summed E-state index contributed by atoms with van der Waals surface area (Å²) in [6, 6.07) is 6.46. The molecule has 11 nitrogen and oxygen atoms in total. The van der Waals surface area contributed by atoms with E-state index < -0.39 is 54.6 Å². The summed E-state index contributed by atoms with van der Waals surface area (Å²) in [6.45, 7) is 4.31. The zero-order valence-corrected chi connectivity index (χ0v) is 18.4. The largest absolute Gasteiger partial charge is 0.497 e. The predicted molar refractivity (Wildman–Crippen MR) is 106 cm³/mol. The van der Waals surface area contributed by atoms with Gasteiger partial charge in [-0.05, 0) is 24.3 Å². The first-order valence-electron chi connectivity index (χ1n) is 9.72. The van der Waals surface area contributed by atoms with Crippen LogP contribution in [0.4, 0.5) is 0 Å². The van der Waals surface area contributed by atoms with Gasteiger partial charge in [0.25, 0.3) is 0 Å². The molecule has 11 heteroatoms. The molecule has 1 saturated heterocycles. The van der Waals surface area contributed by atoms with Crippen molar-refractivity contribution >= 4 is 23.9 Å². The Balaban J connectivity index is 2.42. The fraction of sp³-hybridized carbons (Fsp3) is 0.524. The summed E-state index contributed by atoms with van der Waals surface area (Å²) in [5.41, 5.74) is 0. The Bertz CT molecular complexity index is 820. The van der Waals surface area contributed by atoms with E-state index in [1.165, 1.54) is 14.0 Å². The number of methoxy groups -OCH3 is 1. The predicted octanol–water partition coefficient (Wildman–Crippen LogP) is 1.16. The quantitative estimate of drug-likeness (QED) is 0.414. The molecular formula is C21H26O11. The minimum absolute atomic E-state index is 0.326. The van der Waals surface area contributed by atoms with Crippen LogP contribution < -0.4 is 9.47 Å². The Morgan fingerprint density at radius 3 is 1.75 bits per heavy atom. The van der Waals surface area contributed by atoms with E-state index >= 15 is 0 Å². The van der Waals surface area contributed by atoms with E-state index in [1.807, 2.05) is 0 Å². The summed E-state index contributed by atoms with van der Waals surface area (Å²) >= 11 is 0. The molecular weight excluding hydrogens is 428 g/mol. The van der Waals surface area contributed by atoms with Crippen LogP contribution in [0.1, 0.15) is 27.7 Å². The van der Waals surface area contributed by atoms with Gasteiger partial charge >= 0.3 is 23.9 Å². The highest BCUT2D eigenvalue weighted by Gasteiger charge is 2.53. The van der Waals surface area contributed by atoms with Gasteiger partial charge in [-0.1, -0.05) is 0 Å². The van der Waals surface area contributed by atoms with Crippen LogP contribution in [0.5, 0.6) is 11.5 Å². The van der Waals surface area contributed by atoms with Gasteiger partial charge < -0.3 is 33.2 Å². The molecule has 1 aliphatic rings. The third kappa shape index (κ3) is 7.12. The van der Waals surface area contributed by atoms with Crippen molar-refractivity contribution in [3.8, 4) is 11.5 Å². The Labute approximate surface area is 184 Å². The monoisotopic (exact) mass is 454 g/mol. The molecule has 0 aromatic heterocycles. The number of ether oxygens (including phenoxy) is 7. The van der Waals surface area contributed by atoms with Crippen LogP contribution in [0.25, 0.3) is 0 Å². The van der Waals surface area contributed by atoms with Gasteiger partial charge in [-0.25, -0.2) is 0 Å². The lowest BCUT2D eigenvalue weighted by Gasteiger charge is -2.43. The lowest BCUT2D eigenvalue weighted by Crippen LogP contribution is -2.63. The second kappa shape index (κ2) is 11.3. The zero-order valence-electron chi connectivity index (χ0n) is 18.4. The van der Waals surface area contributed by atoms with Gasteiger partial charge in [0.15, 0.2) is 12.2 Å². The summed E-state index contributed by atoms with van der Waals surface area (Å²) in [6.07, 6.45) is -6.20. The van der Waals surface area contributed by atoms with Crippen LogP contribution in [0.2, 0.25) is 0 Å². The zero-order chi connectivity index (χ0) is 23.8. The molecule has 1 fully saturated rings. The molecule has 0 saturated carbocycles. The average molecular weight is 454 g/mol.